The number of fused-ring (bicyclic) bond motifs is 1. The highest BCUT2D eigenvalue weighted by Crippen LogP contribution is 2.21. The van der Waals surface area contributed by atoms with Crippen LogP contribution in [-0.2, 0) is 15.8 Å². The van der Waals surface area contributed by atoms with Crippen LogP contribution >= 0.6 is 0 Å². The van der Waals surface area contributed by atoms with Gasteiger partial charge in [0.1, 0.15) is 12.4 Å². The van der Waals surface area contributed by atoms with Crippen LogP contribution in [0.4, 0.5) is 0 Å². The van der Waals surface area contributed by atoms with Crippen molar-refractivity contribution in [2.45, 2.75) is 5.75 Å². The van der Waals surface area contributed by atoms with Gasteiger partial charge in [-0.15, -0.1) is 15.3 Å². The molecule has 0 aliphatic rings. The van der Waals surface area contributed by atoms with Crippen molar-refractivity contribution in [3.05, 3.63) is 72.3 Å². The lowest BCUT2D eigenvalue weighted by atomic mass is 10.2. The molecule has 0 bridgehead atoms. The van der Waals surface area contributed by atoms with Crippen LogP contribution in [0.1, 0.15) is 5.56 Å². The first-order valence-corrected chi connectivity index (χ1v) is 11.2. The van der Waals surface area contributed by atoms with E-state index < -0.39 is 10.0 Å². The summed E-state index contributed by atoms with van der Waals surface area (Å²) in [5, 5.41) is 12.7. The summed E-state index contributed by atoms with van der Waals surface area (Å²) in [6, 6.07) is 19.8. The summed E-state index contributed by atoms with van der Waals surface area (Å²) >= 11 is 0. The van der Waals surface area contributed by atoms with E-state index in [1.54, 1.807) is 48.0 Å². The number of nitrogens with one attached hydrogen (secondary N) is 1. The van der Waals surface area contributed by atoms with E-state index in [2.05, 4.69) is 20.0 Å². The molecular formula is C21H21N5O4S. The Morgan fingerprint density at radius 3 is 2.48 bits per heavy atom. The molecule has 0 saturated heterocycles. The van der Waals surface area contributed by atoms with Crippen LogP contribution in [0.15, 0.2) is 66.7 Å². The van der Waals surface area contributed by atoms with Crippen LogP contribution in [0.5, 0.6) is 11.6 Å². The second kappa shape index (κ2) is 9.11. The Labute approximate surface area is 179 Å². The number of methoxy groups -OCH3 is 1. The summed E-state index contributed by atoms with van der Waals surface area (Å²) in [5.41, 5.74) is 2.12. The molecule has 9 nitrogen and oxygen atoms in total. The molecule has 0 aliphatic heterocycles. The fourth-order valence-electron chi connectivity index (χ4n) is 2.97. The predicted molar refractivity (Wildman–Crippen MR) is 115 cm³/mol. The molecule has 2 aromatic carbocycles. The van der Waals surface area contributed by atoms with Crippen molar-refractivity contribution in [3.63, 3.8) is 0 Å². The molecule has 0 unspecified atom stereocenters. The van der Waals surface area contributed by atoms with Gasteiger partial charge in [0.15, 0.2) is 11.5 Å². The van der Waals surface area contributed by atoms with Crippen molar-refractivity contribution in [2.75, 3.05) is 20.3 Å². The normalized spacial score (nSPS) is 11.5. The topological polar surface area (TPSA) is 108 Å². The molecule has 4 rings (SSSR count). The van der Waals surface area contributed by atoms with Crippen molar-refractivity contribution >= 4 is 15.7 Å². The van der Waals surface area contributed by atoms with Gasteiger partial charge in [-0.05, 0) is 35.9 Å². The van der Waals surface area contributed by atoms with Crippen molar-refractivity contribution in [3.8, 4) is 23.0 Å². The number of aromatic nitrogens is 4. The molecule has 0 radical (unpaired) electrons. The monoisotopic (exact) mass is 439 g/mol. The van der Waals surface area contributed by atoms with Crippen LogP contribution in [0.3, 0.4) is 0 Å². The van der Waals surface area contributed by atoms with E-state index in [9.17, 15) is 8.42 Å². The van der Waals surface area contributed by atoms with E-state index >= 15 is 0 Å². The van der Waals surface area contributed by atoms with Crippen molar-refractivity contribution in [1.29, 1.82) is 0 Å². The van der Waals surface area contributed by atoms with Gasteiger partial charge in [-0.3, -0.25) is 0 Å². The Bertz CT molecular complexity index is 1260. The van der Waals surface area contributed by atoms with Gasteiger partial charge in [-0.25, -0.2) is 13.1 Å². The Morgan fingerprint density at radius 1 is 0.968 bits per heavy atom. The molecular weight excluding hydrogens is 418 g/mol. The first-order valence-electron chi connectivity index (χ1n) is 9.55. The van der Waals surface area contributed by atoms with E-state index in [1.807, 2.05) is 30.3 Å². The minimum absolute atomic E-state index is 0.0794. The zero-order valence-electron chi connectivity index (χ0n) is 16.8. The number of benzene rings is 2. The standard InChI is InChI=1S/C21H21N5O4S/c1-29-18-9-7-17(8-10-18)21-24-23-19-11-12-20(25-26(19)21)30-14-13-22-31(27,28)15-16-5-3-2-4-6-16/h2-12,22H,13-15H2,1H3. The summed E-state index contributed by atoms with van der Waals surface area (Å²) in [5.74, 6) is 1.56. The van der Waals surface area contributed by atoms with Gasteiger partial charge < -0.3 is 9.47 Å². The molecule has 31 heavy (non-hydrogen) atoms. The molecule has 160 valence electrons. The molecule has 4 aromatic rings. The molecule has 0 atom stereocenters. The predicted octanol–water partition coefficient (Wildman–Crippen LogP) is 2.30. The summed E-state index contributed by atoms with van der Waals surface area (Å²) in [6.07, 6.45) is 0. The van der Waals surface area contributed by atoms with E-state index in [0.29, 0.717) is 17.4 Å². The molecule has 2 heterocycles. The number of ether oxygens (including phenoxy) is 2. The number of sulfonamides is 1. The third kappa shape index (κ3) is 5.16. The quantitative estimate of drug-likeness (QED) is 0.399. The van der Waals surface area contributed by atoms with Gasteiger partial charge in [0.25, 0.3) is 0 Å². The van der Waals surface area contributed by atoms with Gasteiger partial charge in [0.05, 0.1) is 12.9 Å². The highest BCUT2D eigenvalue weighted by atomic mass is 32.2. The largest absolute Gasteiger partial charge is 0.497 e. The lowest BCUT2D eigenvalue weighted by Crippen LogP contribution is -2.29. The SMILES string of the molecule is COc1ccc(-c2nnc3ccc(OCCNS(=O)(=O)Cc4ccccc4)nn23)cc1. The van der Waals surface area contributed by atoms with E-state index in [0.717, 1.165) is 16.9 Å². The maximum atomic E-state index is 12.2. The Morgan fingerprint density at radius 2 is 1.74 bits per heavy atom. The highest BCUT2D eigenvalue weighted by molar-refractivity contribution is 7.88. The zero-order chi connectivity index (χ0) is 21.7. The number of rotatable bonds is 9. The summed E-state index contributed by atoms with van der Waals surface area (Å²) in [6.45, 7) is 0.259. The fourth-order valence-corrected chi connectivity index (χ4v) is 4.09. The molecule has 0 amide bonds. The van der Waals surface area contributed by atoms with Crippen LogP contribution < -0.4 is 14.2 Å². The molecule has 0 fully saturated rings. The maximum absolute atomic E-state index is 12.2. The van der Waals surface area contributed by atoms with Crippen LogP contribution in [-0.4, -0.2) is 48.5 Å². The Hall–Kier alpha value is -3.50. The lowest BCUT2D eigenvalue weighted by molar-refractivity contribution is 0.306. The molecule has 0 aliphatic carbocycles. The second-order valence-electron chi connectivity index (χ2n) is 6.68. The summed E-state index contributed by atoms with van der Waals surface area (Å²) in [7, 11) is -1.84. The van der Waals surface area contributed by atoms with Gasteiger partial charge in [-0.1, -0.05) is 30.3 Å². The first kappa shape index (κ1) is 20.8. The molecule has 1 N–H and O–H groups in total. The Kier molecular flexibility index (Phi) is 6.10. The van der Waals surface area contributed by atoms with E-state index in [4.69, 9.17) is 9.47 Å². The number of nitrogens with zero attached hydrogens (tertiary/aromatic N) is 4. The van der Waals surface area contributed by atoms with E-state index in [-0.39, 0.29) is 18.9 Å². The average molecular weight is 439 g/mol. The second-order valence-corrected chi connectivity index (χ2v) is 8.49. The van der Waals surface area contributed by atoms with Crippen LogP contribution in [0.2, 0.25) is 0 Å². The third-order valence-electron chi connectivity index (χ3n) is 4.46. The minimum Gasteiger partial charge on any atom is -0.497 e. The van der Waals surface area contributed by atoms with Crippen molar-refractivity contribution in [1.82, 2.24) is 24.5 Å². The molecule has 2 aromatic heterocycles. The van der Waals surface area contributed by atoms with Gasteiger partial charge >= 0.3 is 0 Å². The molecule has 0 spiro atoms. The maximum Gasteiger partial charge on any atom is 0.231 e. The summed E-state index contributed by atoms with van der Waals surface area (Å²) < 4.78 is 39.3. The lowest BCUT2D eigenvalue weighted by Gasteiger charge is -2.08. The van der Waals surface area contributed by atoms with Crippen LogP contribution in [0.25, 0.3) is 17.0 Å². The number of hydrogen-bond donors (Lipinski definition) is 1. The minimum atomic E-state index is -3.45. The zero-order valence-corrected chi connectivity index (χ0v) is 17.6. The summed E-state index contributed by atoms with van der Waals surface area (Å²) in [4.78, 5) is 0. The van der Waals surface area contributed by atoms with Gasteiger partial charge in [0, 0.05) is 18.2 Å². The Balaban J connectivity index is 1.38. The number of hydrogen-bond acceptors (Lipinski definition) is 7. The van der Waals surface area contributed by atoms with Crippen molar-refractivity contribution < 1.29 is 17.9 Å². The first-order chi connectivity index (χ1) is 15.0. The van der Waals surface area contributed by atoms with Gasteiger partial charge in [-0.2, -0.15) is 4.52 Å². The highest BCUT2D eigenvalue weighted by Gasteiger charge is 2.12. The average Bonchev–Trinajstić information content (AvgIpc) is 3.20. The fraction of sp³-hybridized carbons (Fsp3) is 0.190. The van der Waals surface area contributed by atoms with E-state index in [1.165, 1.54) is 0 Å². The van der Waals surface area contributed by atoms with Crippen molar-refractivity contribution in [2.24, 2.45) is 0 Å². The smallest absolute Gasteiger partial charge is 0.231 e. The van der Waals surface area contributed by atoms with Crippen LogP contribution in [0, 0.1) is 0 Å². The molecule has 10 heteroatoms. The molecule has 0 saturated carbocycles. The van der Waals surface area contributed by atoms with Gasteiger partial charge in [0.2, 0.25) is 15.9 Å². The third-order valence-corrected chi connectivity index (χ3v) is 5.82.